The van der Waals surface area contributed by atoms with Crippen LogP contribution in [-0.2, 0) is 16.8 Å². The third kappa shape index (κ3) is 3.09. The van der Waals surface area contributed by atoms with E-state index < -0.39 is 5.54 Å². The number of hydrogen-bond donors (Lipinski definition) is 3. The molecule has 1 fully saturated rings. The molecule has 1 amide bonds. The second-order valence-electron chi connectivity index (χ2n) is 7.41. The highest BCUT2D eigenvalue weighted by Gasteiger charge is 2.38. The summed E-state index contributed by atoms with van der Waals surface area (Å²) in [7, 11) is 1.63. The minimum absolute atomic E-state index is 0.0530. The Kier molecular flexibility index (Phi) is 4.40. The quantitative estimate of drug-likeness (QED) is 0.646. The Hall–Kier alpha value is -2.44. The van der Waals surface area contributed by atoms with E-state index in [0.29, 0.717) is 6.42 Å². The Morgan fingerprint density at radius 1 is 1.22 bits per heavy atom. The molecular formula is C21H23N3O2S. The number of thiophene rings is 1. The minimum atomic E-state index is -0.586. The van der Waals surface area contributed by atoms with Gasteiger partial charge in [0.1, 0.15) is 0 Å². The molecule has 0 aliphatic carbocycles. The summed E-state index contributed by atoms with van der Waals surface area (Å²) < 4.78 is 2.45. The maximum atomic E-state index is 12.3. The summed E-state index contributed by atoms with van der Waals surface area (Å²) in [5.74, 6) is 0.0816. The maximum absolute atomic E-state index is 12.3. The van der Waals surface area contributed by atoms with Crippen LogP contribution in [0.5, 0.6) is 0 Å². The van der Waals surface area contributed by atoms with Gasteiger partial charge in [-0.25, -0.2) is 0 Å². The van der Waals surface area contributed by atoms with E-state index in [-0.39, 0.29) is 18.5 Å². The van der Waals surface area contributed by atoms with Crippen molar-refractivity contribution in [2.45, 2.75) is 31.7 Å². The first-order valence-corrected chi connectivity index (χ1v) is 9.93. The van der Waals surface area contributed by atoms with Crippen molar-refractivity contribution in [2.24, 2.45) is 0 Å². The molecule has 3 aromatic rings. The van der Waals surface area contributed by atoms with Gasteiger partial charge >= 0.3 is 0 Å². The Labute approximate surface area is 162 Å². The number of amides is 1. The first-order valence-electron chi connectivity index (χ1n) is 9.11. The highest BCUT2D eigenvalue weighted by molar-refractivity contribution is 7.25. The van der Waals surface area contributed by atoms with Crippen LogP contribution in [0.4, 0.5) is 0 Å². The van der Waals surface area contributed by atoms with Crippen molar-refractivity contribution in [1.29, 1.82) is 5.41 Å². The molecule has 0 saturated carbocycles. The van der Waals surface area contributed by atoms with Crippen molar-refractivity contribution < 1.29 is 9.90 Å². The molecule has 0 spiro atoms. The van der Waals surface area contributed by atoms with Crippen LogP contribution in [0, 0.1) is 5.41 Å². The summed E-state index contributed by atoms with van der Waals surface area (Å²) in [6.45, 7) is 2.18. The van der Waals surface area contributed by atoms with Crippen LogP contribution in [0.2, 0.25) is 0 Å². The zero-order valence-electron chi connectivity index (χ0n) is 15.5. The van der Waals surface area contributed by atoms with Gasteiger partial charge in [0.05, 0.1) is 12.0 Å². The van der Waals surface area contributed by atoms with Crippen LogP contribution in [-0.4, -0.2) is 35.5 Å². The van der Waals surface area contributed by atoms with Crippen LogP contribution in [0.1, 0.15) is 30.9 Å². The zero-order valence-corrected chi connectivity index (χ0v) is 16.3. The molecule has 0 unspecified atom stereocenters. The van der Waals surface area contributed by atoms with Crippen molar-refractivity contribution >= 4 is 43.4 Å². The number of nitrogens with zero attached hydrogens (tertiary/aromatic N) is 1. The molecule has 1 saturated heterocycles. The summed E-state index contributed by atoms with van der Waals surface area (Å²) >= 11 is 1.76. The van der Waals surface area contributed by atoms with Gasteiger partial charge in [-0.2, -0.15) is 0 Å². The smallest absolute Gasteiger partial charge is 0.231 e. The van der Waals surface area contributed by atoms with Gasteiger partial charge in [-0.05, 0) is 55.2 Å². The number of benzene rings is 2. The van der Waals surface area contributed by atoms with Crippen LogP contribution >= 0.6 is 11.3 Å². The molecule has 3 N–H and O–H groups in total. The molecule has 6 heteroatoms. The van der Waals surface area contributed by atoms with Gasteiger partial charge in [-0.1, -0.05) is 12.1 Å². The number of aliphatic hydroxyl groups is 1. The number of carbonyl (C=O) groups is 1. The van der Waals surface area contributed by atoms with Gasteiger partial charge in [0.15, 0.2) is 5.96 Å². The first-order chi connectivity index (χ1) is 12.9. The Bertz CT molecular complexity index is 1040. The molecule has 0 bridgehead atoms. The van der Waals surface area contributed by atoms with Crippen LogP contribution in [0.25, 0.3) is 20.2 Å². The second-order valence-corrected chi connectivity index (χ2v) is 8.49. The molecule has 2 heterocycles. The summed E-state index contributed by atoms with van der Waals surface area (Å²) in [5, 5.41) is 22.7. The summed E-state index contributed by atoms with van der Waals surface area (Å²) in [6, 6.07) is 12.8. The third-order valence-electron chi connectivity index (χ3n) is 5.40. The number of hydrogen-bond acceptors (Lipinski definition) is 4. The summed E-state index contributed by atoms with van der Waals surface area (Å²) in [6.07, 6.45) is 1.94. The molecule has 2 aromatic carbocycles. The molecule has 1 aromatic heterocycles. The summed E-state index contributed by atoms with van der Waals surface area (Å²) in [4.78, 5) is 13.6. The van der Waals surface area contributed by atoms with E-state index in [1.165, 1.54) is 30.6 Å². The van der Waals surface area contributed by atoms with Gasteiger partial charge in [-0.15, -0.1) is 11.3 Å². The molecule has 5 nitrogen and oxygen atoms in total. The SMILES string of the molecule is CN1C(=N)N[C@](C)(c2ccc3sc4ccc(CCCO)cc4c3c2)CC1=O. The van der Waals surface area contributed by atoms with E-state index in [0.717, 1.165) is 18.4 Å². The predicted octanol–water partition coefficient (Wildman–Crippen LogP) is 3.58. The van der Waals surface area contributed by atoms with Gasteiger partial charge in [0.2, 0.25) is 5.91 Å². The monoisotopic (exact) mass is 381 g/mol. The van der Waals surface area contributed by atoms with Gasteiger partial charge < -0.3 is 10.4 Å². The van der Waals surface area contributed by atoms with Crippen LogP contribution in [0.3, 0.4) is 0 Å². The molecule has 1 aliphatic heterocycles. The van der Waals surface area contributed by atoms with E-state index in [2.05, 4.69) is 41.7 Å². The van der Waals surface area contributed by atoms with Crippen molar-refractivity contribution in [3.05, 3.63) is 47.5 Å². The second kappa shape index (κ2) is 6.62. The lowest BCUT2D eigenvalue weighted by Gasteiger charge is -2.39. The topological polar surface area (TPSA) is 76.4 Å². The van der Waals surface area contributed by atoms with Crippen molar-refractivity contribution in [3.8, 4) is 0 Å². The highest BCUT2D eigenvalue weighted by atomic mass is 32.1. The molecular weight excluding hydrogens is 358 g/mol. The van der Waals surface area contributed by atoms with Crippen molar-refractivity contribution in [1.82, 2.24) is 10.2 Å². The number of nitrogens with one attached hydrogen (secondary N) is 2. The molecule has 4 rings (SSSR count). The molecule has 0 radical (unpaired) electrons. The highest BCUT2D eigenvalue weighted by Crippen LogP contribution is 2.38. The minimum Gasteiger partial charge on any atom is -0.396 e. The third-order valence-corrected chi connectivity index (χ3v) is 6.55. The van der Waals surface area contributed by atoms with Gasteiger partial charge in [0, 0.05) is 33.8 Å². The Morgan fingerprint density at radius 3 is 2.63 bits per heavy atom. The molecule has 1 aliphatic rings. The largest absolute Gasteiger partial charge is 0.396 e. The lowest BCUT2D eigenvalue weighted by Crippen LogP contribution is -2.58. The predicted molar refractivity (Wildman–Crippen MR) is 110 cm³/mol. The van der Waals surface area contributed by atoms with Crippen molar-refractivity contribution in [3.63, 3.8) is 0 Å². The summed E-state index contributed by atoms with van der Waals surface area (Å²) in [5.41, 5.74) is 1.65. The van der Waals surface area contributed by atoms with E-state index in [1.807, 2.05) is 6.92 Å². The van der Waals surface area contributed by atoms with E-state index >= 15 is 0 Å². The Balaban J connectivity index is 1.79. The van der Waals surface area contributed by atoms with Crippen molar-refractivity contribution in [2.75, 3.05) is 13.7 Å². The normalized spacial score (nSPS) is 20.5. The number of rotatable bonds is 4. The maximum Gasteiger partial charge on any atom is 0.231 e. The number of carbonyl (C=O) groups excluding carboxylic acids is 1. The number of guanidine groups is 1. The first kappa shape index (κ1) is 17.9. The number of aliphatic hydroxyl groups excluding tert-OH is 1. The van der Waals surface area contributed by atoms with E-state index in [9.17, 15) is 4.79 Å². The lowest BCUT2D eigenvalue weighted by molar-refractivity contribution is -0.129. The molecule has 27 heavy (non-hydrogen) atoms. The van der Waals surface area contributed by atoms with Crippen LogP contribution in [0.15, 0.2) is 36.4 Å². The fraction of sp³-hybridized carbons (Fsp3) is 0.333. The number of fused-ring (bicyclic) bond motifs is 3. The molecule has 140 valence electrons. The molecule has 1 atom stereocenters. The zero-order chi connectivity index (χ0) is 19.2. The lowest BCUT2D eigenvalue weighted by atomic mass is 9.86. The average Bonchev–Trinajstić information content (AvgIpc) is 3.01. The van der Waals surface area contributed by atoms with Gasteiger partial charge in [0.25, 0.3) is 0 Å². The van der Waals surface area contributed by atoms with E-state index in [1.54, 1.807) is 18.4 Å². The fourth-order valence-electron chi connectivity index (χ4n) is 3.72. The average molecular weight is 382 g/mol. The van der Waals surface area contributed by atoms with E-state index in [4.69, 9.17) is 10.5 Å². The standard InChI is InChI=1S/C21H23N3O2S/c1-21(12-19(26)24(2)20(22)23-21)14-6-8-18-16(11-14)15-10-13(4-3-9-25)5-7-17(15)27-18/h5-8,10-11,25H,3-4,9,12H2,1-2H3,(H2,22,23)/t21-/m0/s1. The number of aryl methyl sites for hydroxylation is 1. The van der Waals surface area contributed by atoms with Crippen LogP contribution < -0.4 is 5.32 Å². The Morgan fingerprint density at radius 2 is 1.93 bits per heavy atom. The van der Waals surface area contributed by atoms with Gasteiger partial charge in [-0.3, -0.25) is 15.1 Å². The fourth-order valence-corrected chi connectivity index (χ4v) is 4.78.